The van der Waals surface area contributed by atoms with E-state index in [2.05, 4.69) is 0 Å². The van der Waals surface area contributed by atoms with Crippen LogP contribution in [0.3, 0.4) is 0 Å². The predicted molar refractivity (Wildman–Crippen MR) is 68.1 cm³/mol. The first kappa shape index (κ1) is 17.1. The van der Waals surface area contributed by atoms with Crippen molar-refractivity contribution >= 4 is 10.1 Å². The van der Waals surface area contributed by atoms with Gasteiger partial charge in [0, 0.05) is 0 Å². The summed E-state index contributed by atoms with van der Waals surface area (Å²) in [6, 6.07) is 11.2. The van der Waals surface area contributed by atoms with Gasteiger partial charge in [0.1, 0.15) is 18.2 Å². The number of ether oxygens (including phenoxy) is 1. The molecule has 0 aromatic heterocycles. The first-order chi connectivity index (χ1) is 8.95. The van der Waals surface area contributed by atoms with Crippen molar-refractivity contribution in [3.05, 3.63) is 59.9 Å². The average Bonchev–Trinajstić information content (AvgIpc) is 2.37. The summed E-state index contributed by atoms with van der Waals surface area (Å²) in [6.45, 7) is 0.242. The van der Waals surface area contributed by atoms with Crippen molar-refractivity contribution < 1.29 is 53.1 Å². The van der Waals surface area contributed by atoms with E-state index in [0.717, 1.165) is 5.56 Å². The number of hydrogen-bond donors (Lipinski definition) is 1. The summed E-state index contributed by atoms with van der Waals surface area (Å²) < 4.78 is 48.6. The number of benzene rings is 2. The minimum absolute atomic E-state index is 0. The maximum atomic E-state index is 12.7. The van der Waals surface area contributed by atoms with E-state index in [-0.39, 0.29) is 48.3 Å². The van der Waals surface area contributed by atoms with Crippen LogP contribution in [0.1, 0.15) is 6.99 Å². The van der Waals surface area contributed by atoms with Gasteiger partial charge in [-0.15, -0.1) is 0 Å². The molecule has 0 saturated heterocycles. The Labute approximate surface area is 140 Å². The summed E-state index contributed by atoms with van der Waals surface area (Å²) in [6.07, 6.45) is 0. The van der Waals surface area contributed by atoms with Crippen molar-refractivity contribution in [3.8, 4) is 5.75 Å². The van der Waals surface area contributed by atoms with Crippen molar-refractivity contribution in [1.82, 2.24) is 0 Å². The van der Waals surface area contributed by atoms with Crippen LogP contribution < -0.4 is 34.3 Å². The largest absolute Gasteiger partial charge is 1.00 e. The van der Waals surface area contributed by atoms with Crippen LogP contribution >= 0.6 is 0 Å². The third-order valence-corrected chi connectivity index (χ3v) is 3.31. The molecule has 0 atom stereocenters. The standard InChI is InChI=1S/C13H11FO4S.Na.H/c14-11-3-1-10(2-4-11)9-18-12-5-7-13(8-6-12)19(15,16)17;;/h1-8H,9H2,(H,15,16,17);;/q;+1;-1. The topological polar surface area (TPSA) is 63.6 Å². The van der Waals surface area contributed by atoms with E-state index in [1.54, 1.807) is 12.1 Å². The first-order valence-corrected chi connectivity index (χ1v) is 6.84. The van der Waals surface area contributed by atoms with Crippen LogP contribution in [0.2, 0.25) is 0 Å². The molecule has 0 unspecified atom stereocenters. The fraction of sp³-hybridized carbons (Fsp3) is 0.0769. The zero-order valence-corrected chi connectivity index (χ0v) is 13.6. The van der Waals surface area contributed by atoms with Gasteiger partial charge < -0.3 is 6.16 Å². The zero-order chi connectivity index (χ0) is 13.9. The molecule has 4 nitrogen and oxygen atoms in total. The Bertz CT molecular complexity index is 660. The molecule has 0 spiro atoms. The fourth-order valence-electron chi connectivity index (χ4n) is 1.46. The second-order valence-corrected chi connectivity index (χ2v) is 5.28. The molecule has 2 aromatic carbocycles. The van der Waals surface area contributed by atoms with Gasteiger partial charge in [-0.2, -0.15) is 8.42 Å². The monoisotopic (exact) mass is 306 g/mol. The van der Waals surface area contributed by atoms with Gasteiger partial charge in [-0.1, -0.05) is 12.1 Å². The minimum atomic E-state index is -4.19. The van der Waals surface area contributed by atoms with Crippen LogP contribution in [0.25, 0.3) is 0 Å². The van der Waals surface area contributed by atoms with E-state index in [0.29, 0.717) is 5.75 Å². The Kier molecular flexibility index (Phi) is 6.16. The van der Waals surface area contributed by atoms with Crippen molar-refractivity contribution in [2.75, 3.05) is 0 Å². The summed E-state index contributed by atoms with van der Waals surface area (Å²) in [5.74, 6) is 0.137. The van der Waals surface area contributed by atoms with Gasteiger partial charge in [-0.05, 0) is 42.0 Å². The van der Waals surface area contributed by atoms with E-state index in [1.165, 1.54) is 36.4 Å². The van der Waals surface area contributed by atoms with E-state index in [9.17, 15) is 12.8 Å². The summed E-state index contributed by atoms with van der Waals surface area (Å²) in [5, 5.41) is 0. The van der Waals surface area contributed by atoms with Crippen molar-refractivity contribution in [1.29, 1.82) is 0 Å². The van der Waals surface area contributed by atoms with Gasteiger partial charge in [0.05, 0.1) is 4.90 Å². The van der Waals surface area contributed by atoms with Crippen LogP contribution in [0.15, 0.2) is 53.4 Å². The summed E-state index contributed by atoms with van der Waals surface area (Å²) in [7, 11) is -4.19. The quantitative estimate of drug-likeness (QED) is 0.626. The van der Waals surface area contributed by atoms with E-state index in [4.69, 9.17) is 9.29 Å². The molecule has 0 aliphatic rings. The zero-order valence-electron chi connectivity index (χ0n) is 11.8. The van der Waals surface area contributed by atoms with Crippen molar-refractivity contribution in [2.24, 2.45) is 0 Å². The molecule has 1 N–H and O–H groups in total. The molecule has 2 aromatic rings. The number of halogens is 1. The maximum absolute atomic E-state index is 12.7. The van der Waals surface area contributed by atoms with Gasteiger partial charge in [0.2, 0.25) is 0 Å². The van der Waals surface area contributed by atoms with Crippen LogP contribution in [-0.4, -0.2) is 13.0 Å². The van der Waals surface area contributed by atoms with Crippen LogP contribution in [0, 0.1) is 5.82 Å². The molecule has 7 heteroatoms. The summed E-state index contributed by atoms with van der Waals surface area (Å²) in [4.78, 5) is -0.193. The average molecular weight is 306 g/mol. The van der Waals surface area contributed by atoms with Crippen LogP contribution in [0.5, 0.6) is 5.75 Å². The van der Waals surface area contributed by atoms with Crippen LogP contribution in [-0.2, 0) is 16.7 Å². The smallest absolute Gasteiger partial charge is 1.00 e. The SMILES string of the molecule is O=S(=O)(O)c1ccc(OCc2ccc(F)cc2)cc1.[H-].[Na+]. The normalized spacial score (nSPS) is 10.7. The molecule has 0 saturated carbocycles. The Morgan fingerprint density at radius 1 is 1.05 bits per heavy atom. The fourth-order valence-corrected chi connectivity index (χ4v) is 1.94. The summed E-state index contributed by atoms with van der Waals surface area (Å²) in [5.41, 5.74) is 0.792. The van der Waals surface area contributed by atoms with Gasteiger partial charge in [0.15, 0.2) is 0 Å². The molecule has 0 heterocycles. The van der Waals surface area contributed by atoms with Gasteiger partial charge in [-0.3, -0.25) is 4.55 Å². The van der Waals surface area contributed by atoms with E-state index < -0.39 is 10.1 Å². The van der Waals surface area contributed by atoms with Gasteiger partial charge in [0.25, 0.3) is 10.1 Å². The van der Waals surface area contributed by atoms with Gasteiger partial charge in [-0.25, -0.2) is 4.39 Å². The second kappa shape index (κ2) is 7.19. The first-order valence-electron chi connectivity index (χ1n) is 5.40. The van der Waals surface area contributed by atoms with Crippen LogP contribution in [0.4, 0.5) is 4.39 Å². The molecular weight excluding hydrogens is 294 g/mol. The molecule has 102 valence electrons. The van der Waals surface area contributed by atoms with Gasteiger partial charge >= 0.3 is 29.6 Å². The Balaban J connectivity index is 0.00000200. The Morgan fingerprint density at radius 2 is 1.60 bits per heavy atom. The van der Waals surface area contributed by atoms with Crippen molar-refractivity contribution in [2.45, 2.75) is 11.5 Å². The molecule has 20 heavy (non-hydrogen) atoms. The number of rotatable bonds is 4. The molecule has 0 fully saturated rings. The molecule has 0 amide bonds. The van der Waals surface area contributed by atoms with E-state index in [1.807, 2.05) is 0 Å². The van der Waals surface area contributed by atoms with Crippen molar-refractivity contribution in [3.63, 3.8) is 0 Å². The predicted octanol–water partition coefficient (Wildman–Crippen LogP) is -0.232. The summed E-state index contributed by atoms with van der Waals surface area (Å²) >= 11 is 0. The number of hydrogen-bond acceptors (Lipinski definition) is 3. The van der Waals surface area contributed by atoms with E-state index >= 15 is 0 Å². The molecule has 0 aliphatic carbocycles. The third-order valence-electron chi connectivity index (χ3n) is 2.44. The Morgan fingerprint density at radius 3 is 2.10 bits per heavy atom. The second-order valence-electron chi connectivity index (χ2n) is 3.86. The molecular formula is C13H12FNaO4S. The molecule has 0 aliphatic heterocycles. The maximum Gasteiger partial charge on any atom is 1.00 e. The third kappa shape index (κ3) is 4.88. The molecule has 2 rings (SSSR count). The Hall–Kier alpha value is -0.920. The minimum Gasteiger partial charge on any atom is -1.00 e. The molecule has 0 radical (unpaired) electrons. The molecule has 0 bridgehead atoms.